The zero-order valence-corrected chi connectivity index (χ0v) is 11.5. The van der Waals surface area contributed by atoms with E-state index in [0.29, 0.717) is 18.8 Å². The molecule has 0 bridgehead atoms. The molecular formula is C17H18O3. The van der Waals surface area contributed by atoms with Gasteiger partial charge in [-0.1, -0.05) is 24.3 Å². The van der Waals surface area contributed by atoms with Crippen LogP contribution in [0.4, 0.5) is 0 Å². The Labute approximate surface area is 119 Å². The van der Waals surface area contributed by atoms with Crippen LogP contribution in [0.2, 0.25) is 0 Å². The number of aldehydes is 1. The summed E-state index contributed by atoms with van der Waals surface area (Å²) in [6.45, 7) is 3.23. The summed E-state index contributed by atoms with van der Waals surface area (Å²) in [6, 6.07) is 15.1. The van der Waals surface area contributed by atoms with Crippen LogP contribution in [0.1, 0.15) is 22.8 Å². The maximum Gasteiger partial charge on any atom is 0.150 e. The van der Waals surface area contributed by atoms with E-state index in [0.717, 1.165) is 29.8 Å². The van der Waals surface area contributed by atoms with E-state index in [4.69, 9.17) is 9.47 Å². The molecule has 0 saturated heterocycles. The largest absolute Gasteiger partial charge is 0.494 e. The second kappa shape index (κ2) is 7.34. The van der Waals surface area contributed by atoms with Gasteiger partial charge in [-0.3, -0.25) is 4.79 Å². The lowest BCUT2D eigenvalue weighted by Gasteiger charge is -2.08. The number of benzene rings is 2. The minimum absolute atomic E-state index is 0.606. The van der Waals surface area contributed by atoms with Gasteiger partial charge in [-0.2, -0.15) is 0 Å². The van der Waals surface area contributed by atoms with E-state index in [2.05, 4.69) is 0 Å². The third kappa shape index (κ3) is 4.12. The quantitative estimate of drug-likeness (QED) is 0.722. The van der Waals surface area contributed by atoms with Gasteiger partial charge in [0.05, 0.1) is 13.2 Å². The van der Waals surface area contributed by atoms with Gasteiger partial charge in [0.25, 0.3) is 0 Å². The predicted octanol–water partition coefficient (Wildman–Crippen LogP) is 3.52. The summed E-state index contributed by atoms with van der Waals surface area (Å²) in [7, 11) is 0. The second-order valence-electron chi connectivity index (χ2n) is 4.36. The molecule has 3 nitrogen and oxygen atoms in total. The highest BCUT2D eigenvalue weighted by atomic mass is 16.5. The molecule has 2 aromatic carbocycles. The van der Waals surface area contributed by atoms with Gasteiger partial charge in [0.1, 0.15) is 17.8 Å². The molecule has 2 aromatic rings. The topological polar surface area (TPSA) is 35.5 Å². The van der Waals surface area contributed by atoms with E-state index in [9.17, 15) is 4.79 Å². The fourth-order valence-electron chi connectivity index (χ4n) is 1.85. The molecule has 0 unspecified atom stereocenters. The Morgan fingerprint density at radius 3 is 2.05 bits per heavy atom. The number of carbonyl (C=O) groups excluding carboxylic acids is 1. The average Bonchev–Trinajstić information content (AvgIpc) is 2.50. The smallest absolute Gasteiger partial charge is 0.150 e. The zero-order valence-electron chi connectivity index (χ0n) is 11.5. The van der Waals surface area contributed by atoms with Gasteiger partial charge in [0, 0.05) is 12.0 Å². The average molecular weight is 270 g/mol. The standard InChI is InChI=1S/C17H18O3/c1-2-19-16-7-9-17(10-8-16)20-12-11-14-3-5-15(13-18)6-4-14/h3-10,13H,2,11-12H2,1H3. The van der Waals surface area contributed by atoms with Crippen molar-refractivity contribution in [2.45, 2.75) is 13.3 Å². The highest BCUT2D eigenvalue weighted by molar-refractivity contribution is 5.74. The fraction of sp³-hybridized carbons (Fsp3) is 0.235. The fourth-order valence-corrected chi connectivity index (χ4v) is 1.85. The first-order valence-corrected chi connectivity index (χ1v) is 6.71. The molecule has 0 radical (unpaired) electrons. The van der Waals surface area contributed by atoms with E-state index < -0.39 is 0 Å². The van der Waals surface area contributed by atoms with Gasteiger partial charge in [0.2, 0.25) is 0 Å². The highest BCUT2D eigenvalue weighted by Gasteiger charge is 1.98. The van der Waals surface area contributed by atoms with Crippen LogP contribution in [0.25, 0.3) is 0 Å². The summed E-state index contributed by atoms with van der Waals surface area (Å²) >= 11 is 0. The van der Waals surface area contributed by atoms with E-state index in [-0.39, 0.29) is 0 Å². The van der Waals surface area contributed by atoms with Crippen LogP contribution >= 0.6 is 0 Å². The van der Waals surface area contributed by atoms with E-state index >= 15 is 0 Å². The molecule has 0 aliphatic heterocycles. The molecule has 0 saturated carbocycles. The lowest BCUT2D eigenvalue weighted by atomic mass is 10.1. The van der Waals surface area contributed by atoms with Gasteiger partial charge in [-0.05, 0) is 36.8 Å². The van der Waals surface area contributed by atoms with Crippen molar-refractivity contribution in [2.24, 2.45) is 0 Å². The van der Waals surface area contributed by atoms with Crippen molar-refractivity contribution in [1.29, 1.82) is 0 Å². The van der Waals surface area contributed by atoms with E-state index in [1.54, 1.807) is 0 Å². The van der Waals surface area contributed by atoms with Crippen molar-refractivity contribution in [2.75, 3.05) is 13.2 Å². The summed E-state index contributed by atoms with van der Waals surface area (Å²) in [4.78, 5) is 10.6. The molecule has 0 N–H and O–H groups in total. The van der Waals surface area contributed by atoms with Gasteiger partial charge in [-0.15, -0.1) is 0 Å². The number of hydrogen-bond donors (Lipinski definition) is 0. The molecule has 0 heterocycles. The summed E-state index contributed by atoms with van der Waals surface area (Å²) in [5, 5.41) is 0. The Morgan fingerprint density at radius 2 is 1.50 bits per heavy atom. The molecule has 0 amide bonds. The third-order valence-corrected chi connectivity index (χ3v) is 2.91. The van der Waals surface area contributed by atoms with Crippen LogP contribution in [0.3, 0.4) is 0 Å². The van der Waals surface area contributed by atoms with Crippen molar-refractivity contribution in [3.63, 3.8) is 0 Å². The van der Waals surface area contributed by atoms with Crippen molar-refractivity contribution in [3.05, 3.63) is 59.7 Å². The van der Waals surface area contributed by atoms with Crippen molar-refractivity contribution in [3.8, 4) is 11.5 Å². The molecule has 0 aliphatic rings. The summed E-state index contributed by atoms with van der Waals surface area (Å²) in [5.41, 5.74) is 1.85. The van der Waals surface area contributed by atoms with E-state index in [1.807, 2.05) is 55.5 Å². The highest BCUT2D eigenvalue weighted by Crippen LogP contribution is 2.17. The Bertz CT molecular complexity index is 529. The van der Waals surface area contributed by atoms with Crippen molar-refractivity contribution < 1.29 is 14.3 Å². The zero-order chi connectivity index (χ0) is 14.2. The monoisotopic (exact) mass is 270 g/mol. The molecule has 0 atom stereocenters. The Balaban J connectivity index is 1.81. The van der Waals surface area contributed by atoms with E-state index in [1.165, 1.54) is 0 Å². The molecule has 0 fully saturated rings. The number of carbonyl (C=O) groups is 1. The Kier molecular flexibility index (Phi) is 5.18. The summed E-state index contributed by atoms with van der Waals surface area (Å²) in [6.07, 6.45) is 1.66. The Hall–Kier alpha value is -2.29. The first-order chi connectivity index (χ1) is 9.81. The van der Waals surface area contributed by atoms with Crippen molar-refractivity contribution in [1.82, 2.24) is 0 Å². The lowest BCUT2D eigenvalue weighted by molar-refractivity contribution is 0.112. The Morgan fingerprint density at radius 1 is 0.900 bits per heavy atom. The molecule has 0 aromatic heterocycles. The maximum atomic E-state index is 10.6. The van der Waals surface area contributed by atoms with Crippen LogP contribution in [0, 0.1) is 0 Å². The van der Waals surface area contributed by atoms with Crippen LogP contribution in [0.15, 0.2) is 48.5 Å². The van der Waals surface area contributed by atoms with Gasteiger partial charge in [0.15, 0.2) is 0 Å². The first-order valence-electron chi connectivity index (χ1n) is 6.71. The first kappa shape index (κ1) is 14.1. The van der Waals surface area contributed by atoms with Crippen LogP contribution in [0.5, 0.6) is 11.5 Å². The minimum Gasteiger partial charge on any atom is -0.494 e. The molecular weight excluding hydrogens is 252 g/mol. The maximum absolute atomic E-state index is 10.6. The number of rotatable bonds is 7. The predicted molar refractivity (Wildman–Crippen MR) is 78.6 cm³/mol. The molecule has 2 rings (SSSR count). The molecule has 0 spiro atoms. The molecule has 104 valence electrons. The second-order valence-corrected chi connectivity index (χ2v) is 4.36. The van der Waals surface area contributed by atoms with Gasteiger partial charge < -0.3 is 9.47 Å². The minimum atomic E-state index is 0.606. The number of hydrogen-bond acceptors (Lipinski definition) is 3. The van der Waals surface area contributed by atoms with Crippen molar-refractivity contribution >= 4 is 6.29 Å². The summed E-state index contributed by atoms with van der Waals surface area (Å²) in [5.74, 6) is 1.68. The lowest BCUT2D eigenvalue weighted by Crippen LogP contribution is -2.01. The number of ether oxygens (including phenoxy) is 2. The van der Waals surface area contributed by atoms with Gasteiger partial charge in [-0.25, -0.2) is 0 Å². The molecule has 20 heavy (non-hydrogen) atoms. The normalized spacial score (nSPS) is 10.1. The SMILES string of the molecule is CCOc1ccc(OCCc2ccc(C=O)cc2)cc1. The van der Waals surface area contributed by atoms with Crippen LogP contribution in [-0.2, 0) is 6.42 Å². The van der Waals surface area contributed by atoms with Crippen LogP contribution < -0.4 is 9.47 Å². The third-order valence-electron chi connectivity index (χ3n) is 2.91. The van der Waals surface area contributed by atoms with Gasteiger partial charge >= 0.3 is 0 Å². The molecule has 0 aliphatic carbocycles. The summed E-state index contributed by atoms with van der Waals surface area (Å²) < 4.78 is 11.0. The van der Waals surface area contributed by atoms with Crippen LogP contribution in [-0.4, -0.2) is 19.5 Å². The molecule has 3 heteroatoms.